The van der Waals surface area contributed by atoms with Crippen molar-refractivity contribution in [3.8, 4) is 11.1 Å². The van der Waals surface area contributed by atoms with Crippen molar-refractivity contribution in [1.82, 2.24) is 4.98 Å². The van der Waals surface area contributed by atoms with Gasteiger partial charge in [-0.1, -0.05) is 40.9 Å². The second-order valence-corrected chi connectivity index (χ2v) is 4.91. The number of benzene rings is 1. The summed E-state index contributed by atoms with van der Waals surface area (Å²) in [4.78, 5) is 15.2. The molecule has 1 aromatic carbocycles. The van der Waals surface area contributed by atoms with Crippen molar-refractivity contribution in [2.75, 3.05) is 7.11 Å². The zero-order chi connectivity index (χ0) is 14.9. The van der Waals surface area contributed by atoms with Gasteiger partial charge in [0.05, 0.1) is 22.2 Å². The van der Waals surface area contributed by atoms with Gasteiger partial charge >= 0.3 is 5.97 Å². The van der Waals surface area contributed by atoms with E-state index in [2.05, 4.69) is 9.72 Å². The fourth-order valence-electron chi connectivity index (χ4n) is 1.64. The number of nitrogens with zero attached hydrogens (tertiary/aromatic N) is 1. The van der Waals surface area contributed by atoms with E-state index in [9.17, 15) is 9.18 Å². The summed E-state index contributed by atoms with van der Waals surface area (Å²) in [5.74, 6) is -1.58. The Morgan fingerprint density at radius 2 is 1.75 bits per heavy atom. The number of hydrogen-bond donors (Lipinski definition) is 0. The normalized spacial score (nSPS) is 10.4. The second kappa shape index (κ2) is 5.95. The molecule has 0 aliphatic rings. The van der Waals surface area contributed by atoms with Crippen molar-refractivity contribution in [2.24, 2.45) is 0 Å². The van der Waals surface area contributed by atoms with Crippen molar-refractivity contribution in [2.45, 2.75) is 0 Å². The predicted molar refractivity (Wildman–Crippen MR) is 76.0 cm³/mol. The third kappa shape index (κ3) is 2.73. The molecule has 0 saturated heterocycles. The first-order valence-corrected chi connectivity index (χ1v) is 6.47. The molecule has 0 bridgehead atoms. The molecule has 0 radical (unpaired) electrons. The van der Waals surface area contributed by atoms with Crippen molar-refractivity contribution in [3.05, 3.63) is 51.0 Å². The minimum atomic E-state index is -0.801. The van der Waals surface area contributed by atoms with Gasteiger partial charge in [0.15, 0.2) is 5.69 Å². The Labute approximate surface area is 129 Å². The number of hydrogen-bond acceptors (Lipinski definition) is 3. The van der Waals surface area contributed by atoms with E-state index in [1.54, 1.807) is 6.07 Å². The monoisotopic (exact) mass is 333 g/mol. The molecule has 0 fully saturated rings. The Kier molecular flexibility index (Phi) is 4.48. The van der Waals surface area contributed by atoms with Crippen LogP contribution in [-0.2, 0) is 4.74 Å². The summed E-state index contributed by atoms with van der Waals surface area (Å²) in [6.07, 6.45) is 0. The summed E-state index contributed by atoms with van der Waals surface area (Å²) >= 11 is 17.9. The molecule has 0 unspecified atom stereocenters. The zero-order valence-electron chi connectivity index (χ0n) is 10.1. The maximum absolute atomic E-state index is 13.2. The van der Waals surface area contributed by atoms with Crippen LogP contribution in [0.5, 0.6) is 0 Å². The summed E-state index contributed by atoms with van der Waals surface area (Å²) < 4.78 is 17.8. The van der Waals surface area contributed by atoms with E-state index in [1.807, 2.05) is 0 Å². The third-order valence-corrected chi connectivity index (χ3v) is 3.86. The van der Waals surface area contributed by atoms with Gasteiger partial charge in [0.1, 0.15) is 0 Å². The number of esters is 1. The molecule has 0 spiro atoms. The van der Waals surface area contributed by atoms with Crippen LogP contribution in [0.4, 0.5) is 4.39 Å². The first kappa shape index (κ1) is 15.0. The lowest BCUT2D eigenvalue weighted by Gasteiger charge is -2.10. The highest BCUT2D eigenvalue weighted by atomic mass is 35.5. The molecule has 0 atom stereocenters. The summed E-state index contributed by atoms with van der Waals surface area (Å²) in [6, 6.07) is 5.58. The number of halogens is 4. The lowest BCUT2D eigenvalue weighted by Crippen LogP contribution is -2.08. The van der Waals surface area contributed by atoms with E-state index < -0.39 is 11.9 Å². The average molecular weight is 335 g/mol. The highest BCUT2D eigenvalue weighted by molar-refractivity contribution is 6.49. The largest absolute Gasteiger partial charge is 0.464 e. The van der Waals surface area contributed by atoms with E-state index in [1.165, 1.54) is 19.2 Å². The smallest absolute Gasteiger partial charge is 0.357 e. The molecule has 1 heterocycles. The fourth-order valence-corrected chi connectivity index (χ4v) is 2.28. The number of aromatic nitrogens is 1. The Balaban J connectivity index is 2.70. The molecule has 1 aromatic heterocycles. The SMILES string of the molecule is COC(=O)c1nc(F)ccc1-c1ccc(Cl)c(Cl)c1Cl. The van der Waals surface area contributed by atoms with Gasteiger partial charge in [-0.2, -0.15) is 4.39 Å². The summed E-state index contributed by atoms with van der Waals surface area (Å²) in [5, 5.41) is 0.568. The molecule has 0 N–H and O–H groups in total. The van der Waals surface area contributed by atoms with Gasteiger partial charge in [0, 0.05) is 11.1 Å². The van der Waals surface area contributed by atoms with E-state index in [0.717, 1.165) is 6.07 Å². The number of rotatable bonds is 2. The van der Waals surface area contributed by atoms with Gasteiger partial charge in [-0.15, -0.1) is 0 Å². The summed E-state index contributed by atoms with van der Waals surface area (Å²) in [5.41, 5.74) is 0.531. The van der Waals surface area contributed by atoms with Crippen LogP contribution in [0.3, 0.4) is 0 Å². The average Bonchev–Trinajstić information content (AvgIpc) is 2.44. The summed E-state index contributed by atoms with van der Waals surface area (Å²) in [6.45, 7) is 0. The zero-order valence-corrected chi connectivity index (χ0v) is 12.4. The summed E-state index contributed by atoms with van der Waals surface area (Å²) in [7, 11) is 1.18. The van der Waals surface area contributed by atoms with E-state index in [0.29, 0.717) is 11.1 Å². The van der Waals surface area contributed by atoms with Gasteiger partial charge in [0.25, 0.3) is 0 Å². The van der Waals surface area contributed by atoms with Crippen LogP contribution in [0.15, 0.2) is 24.3 Å². The Morgan fingerprint density at radius 3 is 2.40 bits per heavy atom. The molecule has 2 rings (SSSR count). The molecule has 0 aliphatic carbocycles. The predicted octanol–water partition coefficient (Wildman–Crippen LogP) is 4.63. The Morgan fingerprint density at radius 1 is 1.10 bits per heavy atom. The van der Waals surface area contributed by atoms with Gasteiger partial charge < -0.3 is 4.74 Å². The molecule has 0 saturated carbocycles. The van der Waals surface area contributed by atoms with Crippen molar-refractivity contribution < 1.29 is 13.9 Å². The number of pyridine rings is 1. The topological polar surface area (TPSA) is 39.2 Å². The molecule has 20 heavy (non-hydrogen) atoms. The third-order valence-electron chi connectivity index (χ3n) is 2.57. The first-order valence-electron chi connectivity index (χ1n) is 5.34. The minimum Gasteiger partial charge on any atom is -0.464 e. The lowest BCUT2D eigenvalue weighted by atomic mass is 10.0. The highest BCUT2D eigenvalue weighted by Gasteiger charge is 2.20. The maximum Gasteiger partial charge on any atom is 0.357 e. The van der Waals surface area contributed by atoms with Crippen LogP contribution in [0.25, 0.3) is 11.1 Å². The Hall–Kier alpha value is -1.36. The quantitative estimate of drug-likeness (QED) is 0.456. The van der Waals surface area contributed by atoms with E-state index in [-0.39, 0.29) is 20.8 Å². The van der Waals surface area contributed by atoms with Gasteiger partial charge in [-0.3, -0.25) is 0 Å². The fraction of sp³-hybridized carbons (Fsp3) is 0.0769. The van der Waals surface area contributed by atoms with Crippen molar-refractivity contribution in [1.29, 1.82) is 0 Å². The first-order chi connectivity index (χ1) is 9.45. The van der Waals surface area contributed by atoms with Gasteiger partial charge in [-0.25, -0.2) is 9.78 Å². The van der Waals surface area contributed by atoms with Crippen LogP contribution in [0, 0.1) is 5.95 Å². The highest BCUT2D eigenvalue weighted by Crippen LogP contribution is 2.38. The van der Waals surface area contributed by atoms with Crippen LogP contribution >= 0.6 is 34.8 Å². The number of ether oxygens (including phenoxy) is 1. The van der Waals surface area contributed by atoms with Crippen LogP contribution in [-0.4, -0.2) is 18.1 Å². The molecule has 7 heteroatoms. The minimum absolute atomic E-state index is 0.144. The number of methoxy groups -OCH3 is 1. The van der Waals surface area contributed by atoms with E-state index >= 15 is 0 Å². The van der Waals surface area contributed by atoms with Crippen LogP contribution < -0.4 is 0 Å². The van der Waals surface area contributed by atoms with Gasteiger partial charge in [-0.05, 0) is 18.2 Å². The van der Waals surface area contributed by atoms with Crippen molar-refractivity contribution >= 4 is 40.8 Å². The lowest BCUT2D eigenvalue weighted by molar-refractivity contribution is 0.0593. The molecule has 3 nitrogen and oxygen atoms in total. The molecule has 0 amide bonds. The standard InChI is InChI=1S/C13H7Cl3FNO2/c1-20-13(19)12-7(3-5-9(17)18-12)6-2-4-8(14)11(16)10(6)15/h2-5H,1H3. The number of carbonyl (C=O) groups excluding carboxylic acids is 1. The maximum atomic E-state index is 13.2. The Bertz CT molecular complexity index is 692. The molecule has 0 aliphatic heterocycles. The van der Waals surface area contributed by atoms with Crippen molar-refractivity contribution in [3.63, 3.8) is 0 Å². The molecular weight excluding hydrogens is 328 g/mol. The van der Waals surface area contributed by atoms with E-state index in [4.69, 9.17) is 34.8 Å². The van der Waals surface area contributed by atoms with Gasteiger partial charge in [0.2, 0.25) is 5.95 Å². The number of carbonyl (C=O) groups is 1. The molecule has 2 aromatic rings. The molecular formula is C13H7Cl3FNO2. The second-order valence-electron chi connectivity index (χ2n) is 3.74. The van der Waals surface area contributed by atoms with Crippen LogP contribution in [0.2, 0.25) is 15.1 Å². The van der Waals surface area contributed by atoms with Crippen LogP contribution in [0.1, 0.15) is 10.5 Å². The molecule has 104 valence electrons.